The normalized spacial score (nSPS) is 10.4. The Morgan fingerprint density at radius 2 is 0.857 bits per heavy atom. The predicted molar refractivity (Wildman–Crippen MR) is 59.2 cm³/mol. The number of nitrogens with zero attached hydrogens (tertiary/aromatic N) is 2. The molecule has 0 aliphatic heterocycles. The van der Waals surface area contributed by atoms with E-state index in [1.165, 1.54) is 24.3 Å². The van der Waals surface area contributed by atoms with E-state index in [1.807, 2.05) is 13.8 Å². The minimum atomic E-state index is 0. The van der Waals surface area contributed by atoms with Gasteiger partial charge in [-0.3, -0.25) is 0 Å². The first-order valence-corrected chi connectivity index (χ1v) is 3.27. The van der Waals surface area contributed by atoms with E-state index in [2.05, 4.69) is 0 Å². The Morgan fingerprint density at radius 1 is 0.714 bits per heavy atom. The van der Waals surface area contributed by atoms with Crippen molar-refractivity contribution >= 4 is 11.4 Å². The number of hydrogen-bond donors (Lipinski definition) is 0. The molecule has 0 spiro atoms. The summed E-state index contributed by atoms with van der Waals surface area (Å²) in [6.07, 6.45) is 5.70. The molecule has 1 rings (SSSR count). The van der Waals surface area contributed by atoms with Crippen LogP contribution in [0.3, 0.4) is 0 Å². The first-order chi connectivity index (χ1) is 4.79. The second kappa shape index (κ2) is 19.6. The molecule has 0 amide bonds. The summed E-state index contributed by atoms with van der Waals surface area (Å²) >= 11 is 0. The summed E-state index contributed by atoms with van der Waals surface area (Å²) in [5, 5.41) is 17.3. The van der Waals surface area contributed by atoms with Crippen LogP contribution < -0.4 is 0 Å². The summed E-state index contributed by atoms with van der Waals surface area (Å²) in [5.41, 5.74) is 0.339. The average molecular weight is 342 g/mol. The van der Waals surface area contributed by atoms with Crippen LogP contribution in [0.15, 0.2) is 24.3 Å². The van der Waals surface area contributed by atoms with E-state index in [0.29, 0.717) is 0 Å². The van der Waals surface area contributed by atoms with E-state index in [0.717, 1.165) is 0 Å². The van der Waals surface area contributed by atoms with Crippen molar-refractivity contribution in [2.45, 2.75) is 13.8 Å². The van der Waals surface area contributed by atoms with Gasteiger partial charge in [-0.05, 0) is 0 Å². The standard InChI is InChI=1S/C6H4N2.C2H6.2CH3.2Y/c7-5-1-2-6(8)4-3-5;1-2;;;;/h1-4H;1-2H3;2*1H3;;/q-2;;2*-1;;. The number of rotatable bonds is 0. The quantitative estimate of drug-likeness (QED) is 0.480. The molecule has 1 aliphatic carbocycles. The van der Waals surface area contributed by atoms with Gasteiger partial charge in [0.05, 0.1) is 0 Å². The third kappa shape index (κ3) is 15.5. The van der Waals surface area contributed by atoms with Crippen LogP contribution >= 0.6 is 0 Å². The van der Waals surface area contributed by atoms with Crippen molar-refractivity contribution in [1.82, 2.24) is 0 Å². The summed E-state index contributed by atoms with van der Waals surface area (Å²) in [6.45, 7) is 4.00. The monoisotopic (exact) mass is 342 g/mol. The van der Waals surface area contributed by atoms with Gasteiger partial charge in [0.25, 0.3) is 0 Å². The summed E-state index contributed by atoms with van der Waals surface area (Å²) in [4.78, 5) is 0. The van der Waals surface area contributed by atoms with E-state index in [1.54, 1.807) is 0 Å². The Hall–Kier alpha value is 1.03. The molecule has 0 aromatic carbocycles. The Morgan fingerprint density at radius 3 is 1.00 bits per heavy atom. The maximum atomic E-state index is 8.65. The Bertz CT molecular complexity index is 158. The molecule has 76 valence electrons. The van der Waals surface area contributed by atoms with Crippen molar-refractivity contribution in [3.63, 3.8) is 0 Å². The maximum absolute atomic E-state index is 8.65. The molecule has 0 aromatic rings. The zero-order chi connectivity index (χ0) is 7.98. The fourth-order valence-electron chi connectivity index (χ4n) is 0.453. The van der Waals surface area contributed by atoms with Gasteiger partial charge in [0.15, 0.2) is 0 Å². The van der Waals surface area contributed by atoms with Crippen LogP contribution in [0.2, 0.25) is 0 Å². The van der Waals surface area contributed by atoms with Crippen LogP contribution in [-0.4, -0.2) is 11.4 Å². The Kier molecular flexibility index (Phi) is 41.1. The van der Waals surface area contributed by atoms with Gasteiger partial charge in [0, 0.05) is 65.4 Å². The smallest absolute Gasteiger partial charge is 0 e. The molecule has 0 fully saturated rings. The summed E-state index contributed by atoms with van der Waals surface area (Å²) in [5.74, 6) is 0. The van der Waals surface area contributed by atoms with Crippen LogP contribution in [0.25, 0.3) is 10.8 Å². The second-order valence-corrected chi connectivity index (χ2v) is 1.52. The van der Waals surface area contributed by atoms with Gasteiger partial charge in [0.1, 0.15) is 0 Å². The van der Waals surface area contributed by atoms with Gasteiger partial charge in [-0.2, -0.15) is 11.4 Å². The molecule has 0 unspecified atom stereocenters. The summed E-state index contributed by atoms with van der Waals surface area (Å²) < 4.78 is 0. The zero-order valence-electron chi connectivity index (χ0n) is 9.36. The van der Waals surface area contributed by atoms with E-state index in [4.69, 9.17) is 10.8 Å². The van der Waals surface area contributed by atoms with E-state index in [9.17, 15) is 0 Å². The minimum absolute atomic E-state index is 0. The van der Waals surface area contributed by atoms with Crippen molar-refractivity contribution in [2.24, 2.45) is 0 Å². The molecule has 2 radical (unpaired) electrons. The number of allylic oxidation sites excluding steroid dienone is 4. The molecule has 0 saturated heterocycles. The Labute approximate surface area is 139 Å². The van der Waals surface area contributed by atoms with Crippen LogP contribution in [0.5, 0.6) is 0 Å². The third-order valence-electron chi connectivity index (χ3n) is 0.850. The fraction of sp³-hybridized carbons (Fsp3) is 0.200. The second-order valence-electron chi connectivity index (χ2n) is 1.52. The van der Waals surface area contributed by atoms with Gasteiger partial charge < -0.3 is 25.7 Å². The Balaban J connectivity index is -0.0000000425. The molecule has 0 atom stereocenters. The summed E-state index contributed by atoms with van der Waals surface area (Å²) in [7, 11) is 0. The molecule has 4 heteroatoms. The third-order valence-corrected chi connectivity index (χ3v) is 0.850. The van der Waals surface area contributed by atoms with Crippen molar-refractivity contribution in [3.8, 4) is 0 Å². The maximum Gasteiger partial charge on any atom is 0 e. The van der Waals surface area contributed by atoms with E-state index in [-0.39, 0.29) is 91.7 Å². The molecule has 0 heterocycles. The van der Waals surface area contributed by atoms with Gasteiger partial charge >= 0.3 is 0 Å². The largest absolute Gasteiger partial charge is 0.804 e. The van der Waals surface area contributed by atoms with E-state index < -0.39 is 0 Å². The van der Waals surface area contributed by atoms with Crippen LogP contribution in [0.1, 0.15) is 13.8 Å². The molecule has 0 saturated carbocycles. The molecule has 14 heavy (non-hydrogen) atoms. The molecular weight excluding hydrogens is 326 g/mol. The van der Waals surface area contributed by atoms with Crippen molar-refractivity contribution in [2.75, 3.05) is 0 Å². The molecule has 0 N–H and O–H groups in total. The van der Waals surface area contributed by atoms with Crippen LogP contribution in [0, 0.1) is 14.9 Å². The van der Waals surface area contributed by atoms with Crippen LogP contribution in [0.4, 0.5) is 0 Å². The first-order valence-electron chi connectivity index (χ1n) is 3.27. The van der Waals surface area contributed by atoms with Crippen molar-refractivity contribution in [1.29, 1.82) is 0 Å². The molecule has 0 bridgehead atoms. The topological polar surface area (TPSA) is 44.6 Å². The SMILES string of the molecule is CC.[CH3-].[CH3-].[N-]=C1C=CC(=[N-])C=C1.[Y].[Y]. The predicted octanol–water partition coefficient (Wildman–Crippen LogP) is 3.05. The average Bonchev–Trinajstić information content (AvgIpc) is 2.00. The van der Waals surface area contributed by atoms with E-state index >= 15 is 0 Å². The van der Waals surface area contributed by atoms with Crippen molar-refractivity contribution < 1.29 is 65.4 Å². The van der Waals surface area contributed by atoms with Gasteiger partial charge in [-0.15, -0.1) is 0 Å². The van der Waals surface area contributed by atoms with Crippen molar-refractivity contribution in [3.05, 3.63) is 50.0 Å². The fourth-order valence-corrected chi connectivity index (χ4v) is 0.453. The first kappa shape index (κ1) is 29.4. The molecule has 1 aliphatic rings. The molecule has 0 aromatic heterocycles. The minimum Gasteiger partial charge on any atom is -0.804 e. The molecular formula is C10H16N2Y2-4. The van der Waals surface area contributed by atoms with Crippen LogP contribution in [-0.2, 0) is 65.4 Å². The number of hydrogen-bond acceptors (Lipinski definition) is 0. The van der Waals surface area contributed by atoms with Gasteiger partial charge in [-0.1, -0.05) is 38.2 Å². The zero-order valence-corrected chi connectivity index (χ0v) is 15.0. The van der Waals surface area contributed by atoms with Gasteiger partial charge in [-0.25, -0.2) is 0 Å². The van der Waals surface area contributed by atoms with Gasteiger partial charge in [0.2, 0.25) is 0 Å². The summed E-state index contributed by atoms with van der Waals surface area (Å²) in [6, 6.07) is 0. The molecule has 2 nitrogen and oxygen atoms in total.